The van der Waals surface area contributed by atoms with Crippen LogP contribution in [0.4, 0.5) is 13.2 Å². The van der Waals surface area contributed by atoms with Gasteiger partial charge in [0.05, 0.1) is 11.6 Å². The van der Waals surface area contributed by atoms with Gasteiger partial charge in [-0.25, -0.2) is 0 Å². The second-order valence-electron chi connectivity index (χ2n) is 2.73. The van der Waals surface area contributed by atoms with Gasteiger partial charge in [-0.05, 0) is 29.8 Å². The summed E-state index contributed by atoms with van der Waals surface area (Å²) >= 11 is 5.52. The van der Waals surface area contributed by atoms with E-state index in [0.717, 1.165) is 18.2 Å². The molecule has 1 aromatic carbocycles. The monoisotopic (exact) mass is 231 g/mol. The Hall–Kier alpha value is -1.47. The van der Waals surface area contributed by atoms with Gasteiger partial charge in [0, 0.05) is 11.1 Å². The number of hydrogen-bond acceptors (Lipinski definition) is 1. The zero-order valence-corrected chi connectivity index (χ0v) is 8.10. The summed E-state index contributed by atoms with van der Waals surface area (Å²) in [6.07, 6.45) is -2.08. The van der Waals surface area contributed by atoms with Crippen molar-refractivity contribution in [1.82, 2.24) is 0 Å². The van der Waals surface area contributed by atoms with E-state index in [-0.39, 0.29) is 10.6 Å². The van der Waals surface area contributed by atoms with Crippen LogP contribution < -0.4 is 0 Å². The van der Waals surface area contributed by atoms with Gasteiger partial charge in [-0.2, -0.15) is 18.4 Å². The van der Waals surface area contributed by atoms with Gasteiger partial charge >= 0.3 is 6.18 Å². The number of alkyl halides is 3. The fourth-order valence-corrected chi connectivity index (χ4v) is 1.25. The Morgan fingerprint density at radius 2 is 1.93 bits per heavy atom. The first kappa shape index (κ1) is 11.6. The number of nitrogens with zero attached hydrogens (tertiary/aromatic N) is 1. The van der Waals surface area contributed by atoms with Crippen LogP contribution >= 0.6 is 11.6 Å². The van der Waals surface area contributed by atoms with Crippen LogP contribution in [-0.2, 0) is 6.18 Å². The molecule has 0 aliphatic heterocycles. The molecular weight excluding hydrogens is 227 g/mol. The molecule has 0 atom stereocenters. The number of hydrogen-bond donors (Lipinski definition) is 0. The van der Waals surface area contributed by atoms with Crippen LogP contribution in [-0.4, -0.2) is 0 Å². The summed E-state index contributed by atoms with van der Waals surface area (Å²) in [6, 6.07) is 4.81. The Balaban J connectivity index is 3.18. The first-order valence-electron chi connectivity index (χ1n) is 3.87. The van der Waals surface area contributed by atoms with Crippen LogP contribution in [0, 0.1) is 11.3 Å². The normalized spacial score (nSPS) is 11.7. The standard InChI is InChI=1S/C10H5ClF3N/c11-9-5-7(2-1-3-15)4-8(6-9)10(12,13)14/h1-2,4-6H. The molecule has 0 aliphatic rings. The number of nitriles is 1. The van der Waals surface area contributed by atoms with Crippen molar-refractivity contribution in [3.8, 4) is 6.07 Å². The Morgan fingerprint density at radius 3 is 2.47 bits per heavy atom. The van der Waals surface area contributed by atoms with Crippen LogP contribution in [0.15, 0.2) is 24.3 Å². The van der Waals surface area contributed by atoms with Crippen LogP contribution in [0.25, 0.3) is 6.08 Å². The summed E-state index contributed by atoms with van der Waals surface area (Å²) in [5.74, 6) is 0. The molecule has 0 spiro atoms. The van der Waals surface area contributed by atoms with E-state index < -0.39 is 11.7 Å². The van der Waals surface area contributed by atoms with Gasteiger partial charge in [-0.3, -0.25) is 0 Å². The highest BCUT2D eigenvalue weighted by molar-refractivity contribution is 6.30. The number of allylic oxidation sites excluding steroid dienone is 1. The smallest absolute Gasteiger partial charge is 0.193 e. The van der Waals surface area contributed by atoms with E-state index in [1.54, 1.807) is 6.07 Å². The molecular formula is C10H5ClF3N. The van der Waals surface area contributed by atoms with Crippen molar-refractivity contribution >= 4 is 17.7 Å². The predicted octanol–water partition coefficient (Wildman–Crippen LogP) is 3.90. The molecule has 0 unspecified atom stereocenters. The van der Waals surface area contributed by atoms with Gasteiger partial charge in [-0.1, -0.05) is 11.6 Å². The van der Waals surface area contributed by atoms with E-state index in [2.05, 4.69) is 0 Å². The van der Waals surface area contributed by atoms with Crippen LogP contribution in [0.1, 0.15) is 11.1 Å². The summed E-state index contributed by atoms with van der Waals surface area (Å²) in [5, 5.41) is 8.22. The minimum absolute atomic E-state index is 0.0117. The average molecular weight is 232 g/mol. The lowest BCUT2D eigenvalue weighted by atomic mass is 10.1. The van der Waals surface area contributed by atoms with Gasteiger partial charge in [0.15, 0.2) is 0 Å². The first-order chi connectivity index (χ1) is 6.93. The molecule has 5 heteroatoms. The van der Waals surface area contributed by atoms with Gasteiger partial charge in [0.2, 0.25) is 0 Å². The van der Waals surface area contributed by atoms with Crippen molar-refractivity contribution in [1.29, 1.82) is 5.26 Å². The molecule has 0 aliphatic carbocycles. The van der Waals surface area contributed by atoms with Crippen molar-refractivity contribution in [2.75, 3.05) is 0 Å². The van der Waals surface area contributed by atoms with E-state index in [0.29, 0.717) is 0 Å². The van der Waals surface area contributed by atoms with Crippen molar-refractivity contribution in [3.05, 3.63) is 40.4 Å². The molecule has 0 heterocycles. The van der Waals surface area contributed by atoms with E-state index in [1.165, 1.54) is 12.1 Å². The molecule has 0 fully saturated rings. The highest BCUT2D eigenvalue weighted by atomic mass is 35.5. The third-order valence-electron chi connectivity index (χ3n) is 1.60. The third-order valence-corrected chi connectivity index (χ3v) is 1.82. The maximum atomic E-state index is 12.3. The molecule has 0 amide bonds. The molecule has 15 heavy (non-hydrogen) atoms. The minimum atomic E-state index is -4.43. The average Bonchev–Trinajstić information content (AvgIpc) is 2.12. The van der Waals surface area contributed by atoms with E-state index in [1.807, 2.05) is 0 Å². The molecule has 0 saturated heterocycles. The lowest BCUT2D eigenvalue weighted by molar-refractivity contribution is -0.137. The van der Waals surface area contributed by atoms with Gasteiger partial charge in [0.1, 0.15) is 0 Å². The molecule has 0 aromatic heterocycles. The maximum Gasteiger partial charge on any atom is 0.416 e. The van der Waals surface area contributed by atoms with E-state index in [9.17, 15) is 13.2 Å². The topological polar surface area (TPSA) is 23.8 Å². The highest BCUT2D eigenvalue weighted by Gasteiger charge is 2.30. The largest absolute Gasteiger partial charge is 0.416 e. The van der Waals surface area contributed by atoms with E-state index in [4.69, 9.17) is 16.9 Å². The SMILES string of the molecule is N#CC=Cc1cc(Cl)cc(C(F)(F)F)c1. The summed E-state index contributed by atoms with van der Waals surface area (Å²) in [4.78, 5) is 0. The fourth-order valence-electron chi connectivity index (χ4n) is 1.01. The molecule has 1 aromatic rings. The van der Waals surface area contributed by atoms with Crippen LogP contribution in [0.5, 0.6) is 0 Å². The summed E-state index contributed by atoms with van der Waals surface area (Å²) in [7, 11) is 0. The number of benzene rings is 1. The lowest BCUT2D eigenvalue weighted by Crippen LogP contribution is -2.04. The molecule has 1 nitrogen and oxygen atoms in total. The van der Waals surface area contributed by atoms with Gasteiger partial charge in [-0.15, -0.1) is 0 Å². The van der Waals surface area contributed by atoms with Gasteiger partial charge < -0.3 is 0 Å². The Kier molecular flexibility index (Phi) is 3.38. The molecule has 0 N–H and O–H groups in total. The third kappa shape index (κ3) is 3.30. The fraction of sp³-hybridized carbons (Fsp3) is 0.100. The summed E-state index contributed by atoms with van der Waals surface area (Å²) in [5.41, 5.74) is -0.580. The Bertz CT molecular complexity index is 429. The second kappa shape index (κ2) is 4.37. The van der Waals surface area contributed by atoms with Crippen LogP contribution in [0.3, 0.4) is 0 Å². The zero-order chi connectivity index (χ0) is 11.5. The predicted molar refractivity (Wildman–Crippen MR) is 51.1 cm³/mol. The van der Waals surface area contributed by atoms with Gasteiger partial charge in [0.25, 0.3) is 0 Å². The first-order valence-corrected chi connectivity index (χ1v) is 4.25. The Labute approximate surface area is 89.4 Å². The quantitative estimate of drug-likeness (QED) is 0.673. The maximum absolute atomic E-state index is 12.3. The van der Waals surface area contributed by atoms with Crippen molar-refractivity contribution in [2.45, 2.75) is 6.18 Å². The van der Waals surface area contributed by atoms with Crippen molar-refractivity contribution < 1.29 is 13.2 Å². The molecule has 0 radical (unpaired) electrons. The van der Waals surface area contributed by atoms with Crippen LogP contribution in [0.2, 0.25) is 5.02 Å². The molecule has 0 saturated carbocycles. The second-order valence-corrected chi connectivity index (χ2v) is 3.17. The number of rotatable bonds is 1. The minimum Gasteiger partial charge on any atom is -0.193 e. The van der Waals surface area contributed by atoms with Crippen molar-refractivity contribution in [3.63, 3.8) is 0 Å². The Morgan fingerprint density at radius 1 is 1.27 bits per heavy atom. The summed E-state index contributed by atoms with van der Waals surface area (Å²) in [6.45, 7) is 0. The lowest BCUT2D eigenvalue weighted by Gasteiger charge is -2.07. The van der Waals surface area contributed by atoms with Crippen molar-refractivity contribution in [2.24, 2.45) is 0 Å². The number of halogens is 4. The molecule has 0 bridgehead atoms. The molecule has 1 rings (SSSR count). The summed E-state index contributed by atoms with van der Waals surface area (Å²) < 4.78 is 37.0. The molecule has 78 valence electrons. The zero-order valence-electron chi connectivity index (χ0n) is 7.35. The highest BCUT2D eigenvalue weighted by Crippen LogP contribution is 2.32. The van der Waals surface area contributed by atoms with E-state index >= 15 is 0 Å².